The number of phenolic OH excluding ortho intramolecular Hbond substituents is 1. The molecule has 2 unspecified atom stereocenters. The zero-order valence-corrected chi connectivity index (χ0v) is 16.2. The first-order chi connectivity index (χ1) is 13.6. The van der Waals surface area contributed by atoms with Crippen molar-refractivity contribution in [3.63, 3.8) is 0 Å². The van der Waals surface area contributed by atoms with Gasteiger partial charge in [-0.3, -0.25) is 4.79 Å². The van der Waals surface area contributed by atoms with Gasteiger partial charge in [-0.25, -0.2) is 0 Å². The van der Waals surface area contributed by atoms with Crippen molar-refractivity contribution in [2.75, 3.05) is 20.0 Å². The first-order valence-electron chi connectivity index (χ1n) is 9.31. The van der Waals surface area contributed by atoms with E-state index in [-0.39, 0.29) is 30.8 Å². The van der Waals surface area contributed by atoms with Gasteiger partial charge in [0.25, 0.3) is 0 Å². The van der Waals surface area contributed by atoms with Crippen molar-refractivity contribution < 1.29 is 34.0 Å². The van der Waals surface area contributed by atoms with E-state index < -0.39 is 23.9 Å². The third kappa shape index (κ3) is 5.46. The second-order valence-corrected chi connectivity index (χ2v) is 7.32. The minimum atomic E-state index is -0.823. The molecule has 28 heavy (non-hydrogen) atoms. The normalized spacial score (nSPS) is 31.1. The molecule has 1 aromatic rings. The highest BCUT2D eigenvalue weighted by Gasteiger charge is 2.41. The van der Waals surface area contributed by atoms with E-state index in [1.54, 1.807) is 12.1 Å². The lowest BCUT2D eigenvalue weighted by Crippen LogP contribution is -2.46. The maximum Gasteiger partial charge on any atom is 0.303 e. The van der Waals surface area contributed by atoms with E-state index in [0.717, 1.165) is 0 Å². The van der Waals surface area contributed by atoms with E-state index in [1.165, 1.54) is 0 Å². The molecule has 0 bridgehead atoms. The van der Waals surface area contributed by atoms with E-state index in [0.29, 0.717) is 31.6 Å². The Morgan fingerprint density at radius 1 is 1.21 bits per heavy atom. The number of carboxylic acids is 1. The molecular formula is C20H25ClO7. The van der Waals surface area contributed by atoms with Crippen LogP contribution in [0.3, 0.4) is 0 Å². The number of hydrogen-bond acceptors (Lipinski definition) is 6. The average Bonchev–Trinajstić information content (AvgIpc) is 2.68. The van der Waals surface area contributed by atoms with Gasteiger partial charge in [-0.15, -0.1) is 0 Å². The number of allylic oxidation sites excluding steroid dienone is 2. The Bertz CT molecular complexity index is 680. The smallest absolute Gasteiger partial charge is 0.303 e. The predicted octanol–water partition coefficient (Wildman–Crippen LogP) is 3.42. The fourth-order valence-corrected chi connectivity index (χ4v) is 3.61. The zero-order valence-electron chi connectivity index (χ0n) is 15.4. The first kappa shape index (κ1) is 21.1. The predicted molar refractivity (Wildman–Crippen MR) is 101 cm³/mol. The van der Waals surface area contributed by atoms with E-state index in [1.807, 2.05) is 24.3 Å². The Balaban J connectivity index is 1.71. The topological polar surface area (TPSA) is 94.5 Å². The number of halogens is 1. The average molecular weight is 413 g/mol. The molecular weight excluding hydrogens is 388 g/mol. The van der Waals surface area contributed by atoms with Crippen LogP contribution in [0.15, 0.2) is 36.4 Å². The molecule has 3 rings (SSSR count). The molecule has 2 heterocycles. The molecule has 0 amide bonds. The van der Waals surface area contributed by atoms with Crippen LogP contribution >= 0.6 is 11.6 Å². The number of alkyl halides is 1. The van der Waals surface area contributed by atoms with Crippen LogP contribution in [0.2, 0.25) is 0 Å². The summed E-state index contributed by atoms with van der Waals surface area (Å²) in [6.45, 7) is 0.920. The molecule has 2 N–H and O–H groups in total. The lowest BCUT2D eigenvalue weighted by molar-refractivity contribution is -0.291. The fourth-order valence-electron chi connectivity index (χ4n) is 3.37. The number of benzene rings is 1. The highest BCUT2D eigenvalue weighted by atomic mass is 35.5. The van der Waals surface area contributed by atoms with E-state index >= 15 is 0 Å². The van der Waals surface area contributed by atoms with Gasteiger partial charge in [0.2, 0.25) is 0 Å². The molecule has 0 aliphatic carbocycles. The van der Waals surface area contributed by atoms with Crippen LogP contribution in [0.5, 0.6) is 5.75 Å². The highest BCUT2D eigenvalue weighted by molar-refractivity contribution is 6.19. The molecule has 154 valence electrons. The minimum Gasteiger partial charge on any atom is -0.508 e. The number of ether oxygens (including phenoxy) is 4. The molecule has 7 nitrogen and oxygen atoms in total. The van der Waals surface area contributed by atoms with Crippen LogP contribution in [-0.4, -0.2) is 48.0 Å². The van der Waals surface area contributed by atoms with E-state index in [2.05, 4.69) is 0 Å². The van der Waals surface area contributed by atoms with Crippen LogP contribution in [0, 0.1) is 11.8 Å². The third-order valence-corrected chi connectivity index (χ3v) is 5.31. The number of rotatable bonds is 7. The standard InChI is InChI=1S/C20H25ClO7/c21-19-15(11-25-12-27-19)20-26-10-13(6-2-1-3-9-17(23)24)18(28-20)14-7-4-5-8-16(14)22/h1-2,4-5,7-8,13,15,18-20,22H,3,6,9-12H2,(H,23,24)/t13-,15?,18+,19?,20+/m1/s1. The van der Waals surface area contributed by atoms with Crippen molar-refractivity contribution >= 4 is 17.6 Å². The molecule has 2 fully saturated rings. The van der Waals surface area contributed by atoms with Gasteiger partial charge in [-0.1, -0.05) is 42.0 Å². The van der Waals surface area contributed by atoms with Gasteiger partial charge in [-0.2, -0.15) is 0 Å². The first-order valence-corrected chi connectivity index (χ1v) is 9.75. The summed E-state index contributed by atoms with van der Waals surface area (Å²) in [6.07, 6.45) is 3.98. The summed E-state index contributed by atoms with van der Waals surface area (Å²) in [5.41, 5.74) is 0.111. The highest BCUT2D eigenvalue weighted by Crippen LogP contribution is 2.41. The Kier molecular flexibility index (Phi) is 7.70. The van der Waals surface area contributed by atoms with Crippen LogP contribution in [0.1, 0.15) is 30.9 Å². The summed E-state index contributed by atoms with van der Waals surface area (Å²) in [5, 5.41) is 19.0. The van der Waals surface area contributed by atoms with Crippen molar-refractivity contribution in [2.45, 2.75) is 37.2 Å². The molecule has 2 aliphatic rings. The summed E-state index contributed by atoms with van der Waals surface area (Å²) in [5.74, 6) is -0.983. The number of carbonyl (C=O) groups is 1. The summed E-state index contributed by atoms with van der Waals surface area (Å²) in [7, 11) is 0. The van der Waals surface area contributed by atoms with Gasteiger partial charge >= 0.3 is 5.97 Å². The second kappa shape index (κ2) is 10.2. The summed E-state index contributed by atoms with van der Waals surface area (Å²) < 4.78 is 22.8. The maximum absolute atomic E-state index is 10.6. The van der Waals surface area contributed by atoms with Crippen molar-refractivity contribution in [3.05, 3.63) is 42.0 Å². The fraction of sp³-hybridized carbons (Fsp3) is 0.550. The number of aromatic hydroxyl groups is 1. The van der Waals surface area contributed by atoms with Crippen molar-refractivity contribution in [3.8, 4) is 5.75 Å². The molecule has 0 aromatic heterocycles. The Morgan fingerprint density at radius 3 is 2.79 bits per heavy atom. The molecule has 2 saturated heterocycles. The summed E-state index contributed by atoms with van der Waals surface area (Å²) in [4.78, 5) is 10.6. The van der Waals surface area contributed by atoms with E-state index in [9.17, 15) is 9.90 Å². The van der Waals surface area contributed by atoms with Crippen molar-refractivity contribution in [1.82, 2.24) is 0 Å². The Labute approximate surface area is 168 Å². The molecule has 0 spiro atoms. The molecule has 8 heteroatoms. The number of hydrogen-bond donors (Lipinski definition) is 2. The Hall–Kier alpha value is -1.64. The van der Waals surface area contributed by atoms with Gasteiger partial charge in [-0.05, 0) is 18.9 Å². The van der Waals surface area contributed by atoms with Crippen LogP contribution in [0.4, 0.5) is 0 Å². The van der Waals surface area contributed by atoms with Gasteiger partial charge < -0.3 is 29.2 Å². The quantitative estimate of drug-likeness (QED) is 0.523. The molecule has 1 aromatic carbocycles. The summed E-state index contributed by atoms with van der Waals surface area (Å²) in [6, 6.07) is 7.06. The molecule has 5 atom stereocenters. The largest absolute Gasteiger partial charge is 0.508 e. The lowest BCUT2D eigenvalue weighted by atomic mass is 9.91. The SMILES string of the molecule is O=C(O)CCC=CC[C@@H]1CO[C@H](C2COCOC2Cl)O[C@@H]1c1ccccc1O. The van der Waals surface area contributed by atoms with Crippen LogP contribution in [-0.2, 0) is 23.7 Å². The van der Waals surface area contributed by atoms with E-state index in [4.69, 9.17) is 35.7 Å². The van der Waals surface area contributed by atoms with Gasteiger partial charge in [0.1, 0.15) is 18.1 Å². The summed E-state index contributed by atoms with van der Waals surface area (Å²) >= 11 is 6.25. The molecule has 2 aliphatic heterocycles. The zero-order chi connectivity index (χ0) is 19.9. The Morgan fingerprint density at radius 2 is 2.04 bits per heavy atom. The van der Waals surface area contributed by atoms with Crippen molar-refractivity contribution in [2.24, 2.45) is 11.8 Å². The van der Waals surface area contributed by atoms with Crippen LogP contribution < -0.4 is 0 Å². The van der Waals surface area contributed by atoms with Gasteiger partial charge in [0, 0.05) is 17.9 Å². The number of para-hydroxylation sites is 1. The number of carboxylic acid groups (broad SMARTS) is 1. The molecule has 0 radical (unpaired) electrons. The second-order valence-electron chi connectivity index (χ2n) is 6.89. The third-order valence-electron chi connectivity index (χ3n) is 4.86. The van der Waals surface area contributed by atoms with Crippen LogP contribution in [0.25, 0.3) is 0 Å². The number of aliphatic carboxylic acids is 1. The van der Waals surface area contributed by atoms with Gasteiger partial charge in [0.15, 0.2) is 6.29 Å². The maximum atomic E-state index is 10.6. The number of phenols is 1. The molecule has 0 saturated carbocycles. The monoisotopic (exact) mass is 412 g/mol. The lowest BCUT2D eigenvalue weighted by Gasteiger charge is -2.41. The van der Waals surface area contributed by atoms with Gasteiger partial charge in [0.05, 0.1) is 25.2 Å². The minimum absolute atomic E-state index is 0.0372. The van der Waals surface area contributed by atoms with Crippen molar-refractivity contribution in [1.29, 1.82) is 0 Å².